The maximum Gasteiger partial charge on any atom is 0.269 e. The van der Waals surface area contributed by atoms with Gasteiger partial charge in [0.1, 0.15) is 6.33 Å². The predicted molar refractivity (Wildman–Crippen MR) is 95.4 cm³/mol. The fraction of sp³-hybridized carbons (Fsp3) is 0.312. The van der Waals surface area contributed by atoms with E-state index in [9.17, 15) is 9.59 Å². The molecule has 3 aromatic rings. The molecule has 3 heterocycles. The summed E-state index contributed by atoms with van der Waals surface area (Å²) in [7, 11) is 0. The molecule has 1 aromatic carbocycles. The molecule has 4 rings (SSSR count). The summed E-state index contributed by atoms with van der Waals surface area (Å²) in [5.74, 6) is 0.443. The first kappa shape index (κ1) is 16.7. The average Bonchev–Trinajstić information content (AvgIpc) is 3.21. The van der Waals surface area contributed by atoms with Gasteiger partial charge in [-0.15, -0.1) is 0 Å². The second-order valence-corrected chi connectivity index (χ2v) is 6.59. The van der Waals surface area contributed by atoms with E-state index in [1.807, 2.05) is 6.07 Å². The molecule has 0 atom stereocenters. The Labute approximate surface area is 152 Å². The molecule has 0 unspecified atom stereocenters. The van der Waals surface area contributed by atoms with Crippen molar-refractivity contribution in [2.45, 2.75) is 5.16 Å². The number of carbonyl (C=O) groups is 1. The van der Waals surface area contributed by atoms with Crippen LogP contribution in [0, 0.1) is 0 Å². The van der Waals surface area contributed by atoms with Gasteiger partial charge in [-0.25, -0.2) is 14.6 Å². The van der Waals surface area contributed by atoms with Crippen molar-refractivity contribution in [3.63, 3.8) is 0 Å². The Morgan fingerprint density at radius 1 is 1.27 bits per heavy atom. The van der Waals surface area contributed by atoms with E-state index in [4.69, 9.17) is 4.74 Å². The van der Waals surface area contributed by atoms with Crippen molar-refractivity contribution < 1.29 is 9.53 Å². The van der Waals surface area contributed by atoms with Crippen LogP contribution < -0.4 is 5.56 Å². The second-order valence-electron chi connectivity index (χ2n) is 5.64. The number of ether oxygens (including phenoxy) is 1. The van der Waals surface area contributed by atoms with Gasteiger partial charge >= 0.3 is 0 Å². The van der Waals surface area contributed by atoms with E-state index in [1.165, 1.54) is 22.7 Å². The number of thioether (sulfide) groups is 1. The summed E-state index contributed by atoms with van der Waals surface area (Å²) in [4.78, 5) is 35.7. The molecule has 0 bridgehead atoms. The zero-order valence-electron chi connectivity index (χ0n) is 13.8. The van der Waals surface area contributed by atoms with E-state index in [0.29, 0.717) is 42.4 Å². The molecule has 2 aromatic heterocycles. The van der Waals surface area contributed by atoms with Crippen molar-refractivity contribution in [3.05, 3.63) is 40.9 Å². The molecule has 1 saturated heterocycles. The lowest BCUT2D eigenvalue weighted by Crippen LogP contribution is -2.41. The highest BCUT2D eigenvalue weighted by Gasteiger charge is 2.20. The van der Waals surface area contributed by atoms with E-state index in [0.717, 1.165) is 0 Å². The number of nitrogens with one attached hydrogen (secondary N) is 1. The minimum Gasteiger partial charge on any atom is -0.378 e. The number of carbonyl (C=O) groups excluding carboxylic acids is 1. The fourth-order valence-corrected chi connectivity index (χ4v) is 3.63. The number of nitrogens with zero attached hydrogens (tertiary/aromatic N) is 5. The molecule has 1 amide bonds. The van der Waals surface area contributed by atoms with Gasteiger partial charge in [0.05, 0.1) is 29.9 Å². The third-order valence-corrected chi connectivity index (χ3v) is 4.97. The first-order valence-electron chi connectivity index (χ1n) is 8.10. The third-order valence-electron chi connectivity index (χ3n) is 4.05. The van der Waals surface area contributed by atoms with Crippen LogP contribution in [-0.4, -0.2) is 67.6 Å². The van der Waals surface area contributed by atoms with Crippen LogP contribution in [0.1, 0.15) is 0 Å². The van der Waals surface area contributed by atoms with Gasteiger partial charge in [0.2, 0.25) is 11.9 Å². The summed E-state index contributed by atoms with van der Waals surface area (Å²) in [6, 6.07) is 7.09. The molecule has 1 fully saturated rings. The first-order chi connectivity index (χ1) is 12.7. The Bertz CT molecular complexity index is 981. The number of fused-ring (bicyclic) bond motifs is 1. The molecule has 0 saturated carbocycles. The largest absolute Gasteiger partial charge is 0.378 e. The summed E-state index contributed by atoms with van der Waals surface area (Å²) in [5.41, 5.74) is 0.322. The van der Waals surface area contributed by atoms with E-state index in [-0.39, 0.29) is 23.2 Å². The molecular formula is C16H16N6O3S. The Hall–Kier alpha value is -2.72. The summed E-state index contributed by atoms with van der Waals surface area (Å²) in [5, 5.41) is 7.37. The zero-order chi connectivity index (χ0) is 17.9. The molecule has 9 nitrogen and oxygen atoms in total. The van der Waals surface area contributed by atoms with Gasteiger partial charge in [-0.3, -0.25) is 9.59 Å². The van der Waals surface area contributed by atoms with Crippen LogP contribution in [0.5, 0.6) is 0 Å². The Morgan fingerprint density at radius 2 is 2.08 bits per heavy atom. The molecule has 26 heavy (non-hydrogen) atoms. The van der Waals surface area contributed by atoms with Gasteiger partial charge in [0.25, 0.3) is 5.56 Å². The van der Waals surface area contributed by atoms with Crippen LogP contribution in [0.3, 0.4) is 0 Å². The lowest BCUT2D eigenvalue weighted by molar-refractivity contribution is -0.132. The van der Waals surface area contributed by atoms with E-state index in [2.05, 4.69) is 20.2 Å². The Kier molecular flexibility index (Phi) is 4.67. The van der Waals surface area contributed by atoms with Crippen LogP contribution >= 0.6 is 11.8 Å². The number of para-hydroxylation sites is 1. The van der Waals surface area contributed by atoms with E-state index < -0.39 is 0 Å². The van der Waals surface area contributed by atoms with E-state index in [1.54, 1.807) is 23.1 Å². The molecule has 134 valence electrons. The van der Waals surface area contributed by atoms with Gasteiger partial charge < -0.3 is 9.64 Å². The molecule has 1 N–H and O–H groups in total. The van der Waals surface area contributed by atoms with Gasteiger partial charge in [0, 0.05) is 13.1 Å². The van der Waals surface area contributed by atoms with Gasteiger partial charge in [0.15, 0.2) is 5.16 Å². The minimum atomic E-state index is -0.256. The van der Waals surface area contributed by atoms with E-state index >= 15 is 0 Å². The van der Waals surface area contributed by atoms with Crippen LogP contribution in [-0.2, 0) is 9.53 Å². The topological polar surface area (TPSA) is 106 Å². The van der Waals surface area contributed by atoms with Gasteiger partial charge in [-0.2, -0.15) is 10.1 Å². The number of hydrogen-bond donors (Lipinski definition) is 1. The number of morpholine rings is 1. The van der Waals surface area contributed by atoms with Crippen molar-refractivity contribution in [2.24, 2.45) is 0 Å². The smallest absolute Gasteiger partial charge is 0.269 e. The second kappa shape index (κ2) is 7.26. The monoisotopic (exact) mass is 372 g/mol. The molecule has 10 heteroatoms. The maximum absolute atomic E-state index is 12.9. The van der Waals surface area contributed by atoms with Gasteiger partial charge in [-0.1, -0.05) is 23.9 Å². The summed E-state index contributed by atoms with van der Waals surface area (Å²) < 4.78 is 6.62. The highest BCUT2D eigenvalue weighted by molar-refractivity contribution is 7.99. The summed E-state index contributed by atoms with van der Waals surface area (Å²) in [6.07, 6.45) is 1.32. The van der Waals surface area contributed by atoms with Crippen LogP contribution in [0.4, 0.5) is 0 Å². The molecule has 1 aliphatic heterocycles. The molecule has 1 aliphatic rings. The standard InChI is InChI=1S/C16H16N6O3S/c23-13(21-5-7-25-8-6-21)9-26-16-19-12-4-2-1-3-11(12)14(24)22(16)15-17-10-18-20-15/h1-4,10H,5-9H2,(H,17,18,20). The fourth-order valence-electron chi connectivity index (χ4n) is 2.73. The summed E-state index contributed by atoms with van der Waals surface area (Å²) in [6.45, 7) is 2.26. The maximum atomic E-state index is 12.9. The van der Waals surface area contributed by atoms with Crippen molar-refractivity contribution in [1.29, 1.82) is 0 Å². The third kappa shape index (κ3) is 3.20. The quantitative estimate of drug-likeness (QED) is 0.524. The van der Waals surface area contributed by atoms with Crippen molar-refractivity contribution in [2.75, 3.05) is 32.1 Å². The number of amides is 1. The van der Waals surface area contributed by atoms with Crippen molar-refractivity contribution in [1.82, 2.24) is 29.6 Å². The molecule has 0 aliphatic carbocycles. The number of H-pyrrole nitrogens is 1. The Balaban J connectivity index is 1.68. The lowest BCUT2D eigenvalue weighted by atomic mass is 10.2. The predicted octanol–water partition coefficient (Wildman–Crippen LogP) is 0.455. The normalized spacial score (nSPS) is 14.7. The highest BCUT2D eigenvalue weighted by Crippen LogP contribution is 2.20. The Morgan fingerprint density at radius 3 is 2.85 bits per heavy atom. The first-order valence-corrected chi connectivity index (χ1v) is 9.08. The minimum absolute atomic E-state index is 0.00942. The molecular weight excluding hydrogens is 356 g/mol. The zero-order valence-corrected chi connectivity index (χ0v) is 14.6. The van der Waals surface area contributed by atoms with Crippen LogP contribution in [0.2, 0.25) is 0 Å². The number of aromatic nitrogens is 5. The molecule has 0 spiro atoms. The lowest BCUT2D eigenvalue weighted by Gasteiger charge is -2.26. The average molecular weight is 372 g/mol. The van der Waals surface area contributed by atoms with Crippen molar-refractivity contribution >= 4 is 28.6 Å². The number of rotatable bonds is 4. The highest BCUT2D eigenvalue weighted by atomic mass is 32.2. The summed E-state index contributed by atoms with van der Waals surface area (Å²) >= 11 is 1.21. The van der Waals surface area contributed by atoms with Crippen LogP contribution in [0.15, 0.2) is 40.5 Å². The SMILES string of the molecule is O=C(CSc1nc2ccccc2c(=O)n1-c1ncn[nH]1)N1CCOCC1. The number of benzene rings is 1. The number of hydrogen-bond acceptors (Lipinski definition) is 7. The van der Waals surface area contributed by atoms with Gasteiger partial charge in [-0.05, 0) is 12.1 Å². The number of aromatic amines is 1. The van der Waals surface area contributed by atoms with Crippen LogP contribution in [0.25, 0.3) is 16.9 Å². The molecule has 0 radical (unpaired) electrons. The van der Waals surface area contributed by atoms with Crippen molar-refractivity contribution in [3.8, 4) is 5.95 Å².